The molecule has 1 aromatic carbocycles. The summed E-state index contributed by atoms with van der Waals surface area (Å²) in [5.41, 5.74) is 1.05. The zero-order chi connectivity index (χ0) is 13.2. The second-order valence-corrected chi connectivity index (χ2v) is 6.34. The highest BCUT2D eigenvalue weighted by atomic mass is 35.5. The largest absolute Gasteiger partial charge is 0.497 e. The molecule has 0 amide bonds. The minimum atomic E-state index is 0.742. The maximum atomic E-state index is 6.27. The van der Waals surface area contributed by atoms with Crippen molar-refractivity contribution >= 4 is 22.9 Å². The van der Waals surface area contributed by atoms with Gasteiger partial charge in [0, 0.05) is 32.9 Å². The van der Waals surface area contributed by atoms with Crippen molar-refractivity contribution in [1.29, 1.82) is 0 Å². The number of hydrogen-bond acceptors (Lipinski definition) is 3. The molecule has 0 atom stereocenters. The van der Waals surface area contributed by atoms with Crippen LogP contribution in [0.4, 0.5) is 0 Å². The van der Waals surface area contributed by atoms with Crippen LogP contribution in [0.2, 0.25) is 5.02 Å². The van der Waals surface area contributed by atoms with Crippen LogP contribution in [0.5, 0.6) is 5.75 Å². The highest BCUT2D eigenvalue weighted by molar-refractivity contribution is 7.15. The van der Waals surface area contributed by atoms with Gasteiger partial charge >= 0.3 is 0 Å². The van der Waals surface area contributed by atoms with Crippen molar-refractivity contribution in [2.45, 2.75) is 25.4 Å². The molecule has 0 radical (unpaired) electrons. The van der Waals surface area contributed by atoms with Crippen molar-refractivity contribution in [1.82, 2.24) is 5.32 Å². The average Bonchev–Trinajstić information content (AvgIpc) is 3.15. The number of halogens is 1. The summed E-state index contributed by atoms with van der Waals surface area (Å²) in [7, 11) is 1.67. The topological polar surface area (TPSA) is 21.3 Å². The predicted molar refractivity (Wildman–Crippen MR) is 81.2 cm³/mol. The normalized spacial score (nSPS) is 14.6. The first-order valence-electron chi connectivity index (χ1n) is 6.42. The first-order valence-corrected chi connectivity index (χ1v) is 7.62. The Morgan fingerprint density at radius 3 is 2.89 bits per heavy atom. The summed E-state index contributed by atoms with van der Waals surface area (Å²) in [5.74, 6) is 0.838. The SMILES string of the molecule is COc1ccc(Cl)c(-c2ccc(CNC3CC3)s2)c1. The summed E-state index contributed by atoms with van der Waals surface area (Å²) in [6.45, 7) is 0.955. The Bertz CT molecular complexity index is 577. The molecule has 2 nitrogen and oxygen atoms in total. The van der Waals surface area contributed by atoms with Crippen LogP contribution < -0.4 is 10.1 Å². The Balaban J connectivity index is 1.80. The van der Waals surface area contributed by atoms with E-state index in [1.165, 1.54) is 22.6 Å². The Labute approximate surface area is 122 Å². The molecule has 0 spiro atoms. The van der Waals surface area contributed by atoms with Gasteiger partial charge in [0.05, 0.1) is 7.11 Å². The van der Waals surface area contributed by atoms with Crippen LogP contribution in [0.15, 0.2) is 30.3 Å². The van der Waals surface area contributed by atoms with Gasteiger partial charge in [-0.15, -0.1) is 11.3 Å². The Morgan fingerprint density at radius 1 is 1.32 bits per heavy atom. The van der Waals surface area contributed by atoms with E-state index >= 15 is 0 Å². The second-order valence-electron chi connectivity index (χ2n) is 4.77. The van der Waals surface area contributed by atoms with Crippen molar-refractivity contribution in [3.63, 3.8) is 0 Å². The van der Waals surface area contributed by atoms with Gasteiger partial charge in [0.15, 0.2) is 0 Å². The Morgan fingerprint density at radius 2 is 2.16 bits per heavy atom. The standard InChI is InChI=1S/C15H16ClNOS/c1-18-11-4-6-14(16)13(8-11)15-7-5-12(19-15)9-17-10-2-3-10/h4-8,10,17H,2-3,9H2,1H3. The summed E-state index contributed by atoms with van der Waals surface area (Å²) < 4.78 is 5.26. The average molecular weight is 294 g/mol. The number of thiophene rings is 1. The van der Waals surface area contributed by atoms with Crippen molar-refractivity contribution in [3.8, 4) is 16.2 Å². The summed E-state index contributed by atoms with van der Waals surface area (Å²) in [5, 5.41) is 4.30. The molecule has 1 fully saturated rings. The highest BCUT2D eigenvalue weighted by Gasteiger charge is 2.20. The molecule has 1 aliphatic carbocycles. The lowest BCUT2D eigenvalue weighted by atomic mass is 10.2. The lowest BCUT2D eigenvalue weighted by Gasteiger charge is -2.05. The van der Waals surface area contributed by atoms with Crippen LogP contribution in [0.1, 0.15) is 17.7 Å². The molecule has 4 heteroatoms. The van der Waals surface area contributed by atoms with Crippen LogP contribution in [-0.2, 0) is 6.54 Å². The third-order valence-electron chi connectivity index (χ3n) is 3.24. The number of hydrogen-bond donors (Lipinski definition) is 1. The van der Waals surface area contributed by atoms with Gasteiger partial charge in [-0.05, 0) is 43.2 Å². The number of rotatable bonds is 5. The molecule has 0 unspecified atom stereocenters. The monoisotopic (exact) mass is 293 g/mol. The number of ether oxygens (including phenoxy) is 1. The van der Waals surface area contributed by atoms with Crippen molar-refractivity contribution < 1.29 is 4.74 Å². The molecule has 19 heavy (non-hydrogen) atoms. The molecule has 3 rings (SSSR count). The highest BCUT2D eigenvalue weighted by Crippen LogP contribution is 2.36. The minimum Gasteiger partial charge on any atom is -0.497 e. The van der Waals surface area contributed by atoms with E-state index in [1.807, 2.05) is 18.2 Å². The smallest absolute Gasteiger partial charge is 0.119 e. The van der Waals surface area contributed by atoms with E-state index in [1.54, 1.807) is 18.4 Å². The van der Waals surface area contributed by atoms with Crippen LogP contribution in [0.3, 0.4) is 0 Å². The fraction of sp³-hybridized carbons (Fsp3) is 0.333. The molecular formula is C15H16ClNOS. The van der Waals surface area contributed by atoms with Gasteiger partial charge in [0.25, 0.3) is 0 Å². The van der Waals surface area contributed by atoms with E-state index in [0.29, 0.717) is 0 Å². The van der Waals surface area contributed by atoms with Gasteiger partial charge in [0.1, 0.15) is 5.75 Å². The fourth-order valence-corrected chi connectivity index (χ4v) is 3.23. The molecule has 0 aliphatic heterocycles. The van der Waals surface area contributed by atoms with E-state index in [2.05, 4.69) is 17.4 Å². The van der Waals surface area contributed by atoms with E-state index in [9.17, 15) is 0 Å². The maximum Gasteiger partial charge on any atom is 0.119 e. The lowest BCUT2D eigenvalue weighted by molar-refractivity contribution is 0.415. The molecule has 1 heterocycles. The van der Waals surface area contributed by atoms with E-state index < -0.39 is 0 Å². The van der Waals surface area contributed by atoms with Crippen molar-refractivity contribution in [3.05, 3.63) is 40.2 Å². The number of benzene rings is 1. The van der Waals surface area contributed by atoms with Gasteiger partial charge < -0.3 is 10.1 Å². The molecule has 1 saturated carbocycles. The molecular weight excluding hydrogens is 278 g/mol. The fourth-order valence-electron chi connectivity index (χ4n) is 1.97. The van der Waals surface area contributed by atoms with Crippen LogP contribution in [-0.4, -0.2) is 13.2 Å². The zero-order valence-electron chi connectivity index (χ0n) is 10.8. The van der Waals surface area contributed by atoms with E-state index in [-0.39, 0.29) is 0 Å². The van der Waals surface area contributed by atoms with Crippen LogP contribution in [0.25, 0.3) is 10.4 Å². The summed E-state index contributed by atoms with van der Waals surface area (Å²) in [6, 6.07) is 10.8. The Hall–Kier alpha value is -1.03. The van der Waals surface area contributed by atoms with Crippen LogP contribution in [0, 0.1) is 0 Å². The molecule has 1 aliphatic rings. The first kappa shape index (κ1) is 13.0. The molecule has 0 bridgehead atoms. The second kappa shape index (κ2) is 5.53. The lowest BCUT2D eigenvalue weighted by Crippen LogP contribution is -2.14. The first-order chi connectivity index (χ1) is 9.26. The third kappa shape index (κ3) is 3.11. The Kier molecular flexibility index (Phi) is 3.78. The van der Waals surface area contributed by atoms with Gasteiger partial charge in [-0.1, -0.05) is 11.6 Å². The predicted octanol–water partition coefficient (Wildman–Crippen LogP) is 4.33. The third-order valence-corrected chi connectivity index (χ3v) is 4.69. The van der Waals surface area contributed by atoms with Crippen molar-refractivity contribution in [2.24, 2.45) is 0 Å². The molecule has 1 N–H and O–H groups in total. The van der Waals surface area contributed by atoms with Gasteiger partial charge in [-0.2, -0.15) is 0 Å². The molecule has 100 valence electrons. The summed E-state index contributed by atoms with van der Waals surface area (Å²) in [4.78, 5) is 2.54. The van der Waals surface area contributed by atoms with E-state index in [4.69, 9.17) is 16.3 Å². The summed E-state index contributed by atoms with van der Waals surface area (Å²) >= 11 is 8.06. The molecule has 2 aromatic rings. The number of methoxy groups -OCH3 is 1. The van der Waals surface area contributed by atoms with Gasteiger partial charge in [-0.25, -0.2) is 0 Å². The van der Waals surface area contributed by atoms with Gasteiger partial charge in [0.2, 0.25) is 0 Å². The minimum absolute atomic E-state index is 0.742. The number of nitrogens with one attached hydrogen (secondary N) is 1. The van der Waals surface area contributed by atoms with Crippen molar-refractivity contribution in [2.75, 3.05) is 7.11 Å². The molecule has 1 aromatic heterocycles. The maximum absolute atomic E-state index is 6.27. The quantitative estimate of drug-likeness (QED) is 0.886. The molecule has 0 saturated heterocycles. The van der Waals surface area contributed by atoms with Crippen LogP contribution >= 0.6 is 22.9 Å². The zero-order valence-corrected chi connectivity index (χ0v) is 12.4. The summed E-state index contributed by atoms with van der Waals surface area (Å²) in [6.07, 6.45) is 2.64. The van der Waals surface area contributed by atoms with E-state index in [0.717, 1.165) is 28.9 Å². The van der Waals surface area contributed by atoms with Gasteiger partial charge in [-0.3, -0.25) is 0 Å².